The van der Waals surface area contributed by atoms with Gasteiger partial charge in [-0.1, -0.05) is 0 Å². The van der Waals surface area contributed by atoms with Gasteiger partial charge in [-0.15, -0.1) is 0 Å². The molecule has 0 radical (unpaired) electrons. The van der Waals surface area contributed by atoms with Gasteiger partial charge in [0.05, 0.1) is 18.2 Å². The fourth-order valence-corrected chi connectivity index (χ4v) is 1.72. The van der Waals surface area contributed by atoms with Crippen molar-refractivity contribution in [1.29, 1.82) is 5.26 Å². The SMILES string of the molecule is N#Cc1ccc(NC(=O)CCN2CCOC2=O)cc1. The Hall–Kier alpha value is -2.55. The van der Waals surface area contributed by atoms with E-state index in [9.17, 15) is 9.59 Å². The third-order valence-electron chi connectivity index (χ3n) is 2.75. The zero-order valence-electron chi connectivity index (χ0n) is 10.3. The Bertz CT molecular complexity index is 519. The van der Waals surface area contributed by atoms with Crippen LogP contribution in [-0.2, 0) is 9.53 Å². The molecule has 0 aliphatic carbocycles. The lowest BCUT2D eigenvalue weighted by Gasteiger charge is -2.12. The van der Waals surface area contributed by atoms with Crippen molar-refractivity contribution in [3.63, 3.8) is 0 Å². The molecule has 0 atom stereocenters. The molecule has 6 heteroatoms. The molecule has 6 nitrogen and oxygen atoms in total. The normalized spacial score (nSPS) is 13.8. The Labute approximate surface area is 110 Å². The molecular weight excluding hydrogens is 246 g/mol. The molecule has 1 heterocycles. The molecule has 1 saturated heterocycles. The summed E-state index contributed by atoms with van der Waals surface area (Å²) in [7, 11) is 0. The third kappa shape index (κ3) is 3.45. The molecule has 1 aromatic rings. The van der Waals surface area contributed by atoms with Gasteiger partial charge in [0.25, 0.3) is 0 Å². The number of nitrogens with one attached hydrogen (secondary N) is 1. The number of cyclic esters (lactones) is 1. The monoisotopic (exact) mass is 259 g/mol. The van der Waals surface area contributed by atoms with Crippen LogP contribution in [-0.4, -0.2) is 36.6 Å². The standard InChI is InChI=1S/C13H13N3O3/c14-9-10-1-3-11(4-2-10)15-12(17)5-6-16-7-8-19-13(16)18/h1-4H,5-8H2,(H,15,17). The van der Waals surface area contributed by atoms with E-state index in [4.69, 9.17) is 10.00 Å². The molecule has 1 aliphatic rings. The minimum Gasteiger partial charge on any atom is -0.448 e. The second-order valence-electron chi connectivity index (χ2n) is 4.09. The molecule has 0 bridgehead atoms. The number of nitriles is 1. The van der Waals surface area contributed by atoms with E-state index in [1.165, 1.54) is 4.90 Å². The van der Waals surface area contributed by atoms with Crippen LogP contribution in [0.15, 0.2) is 24.3 Å². The topological polar surface area (TPSA) is 82.4 Å². The summed E-state index contributed by atoms with van der Waals surface area (Å²) in [6.45, 7) is 1.26. The van der Waals surface area contributed by atoms with E-state index < -0.39 is 0 Å². The number of benzene rings is 1. The lowest BCUT2D eigenvalue weighted by molar-refractivity contribution is -0.116. The highest BCUT2D eigenvalue weighted by Gasteiger charge is 2.21. The summed E-state index contributed by atoms with van der Waals surface area (Å²) in [5, 5.41) is 11.4. The Morgan fingerprint density at radius 3 is 2.74 bits per heavy atom. The van der Waals surface area contributed by atoms with Crippen LogP contribution < -0.4 is 5.32 Å². The van der Waals surface area contributed by atoms with E-state index in [2.05, 4.69) is 5.32 Å². The predicted molar refractivity (Wildman–Crippen MR) is 67.3 cm³/mol. The predicted octanol–water partition coefficient (Wildman–Crippen LogP) is 1.34. The highest BCUT2D eigenvalue weighted by atomic mass is 16.6. The van der Waals surface area contributed by atoms with Crippen molar-refractivity contribution in [2.75, 3.05) is 25.0 Å². The van der Waals surface area contributed by atoms with E-state index in [1.54, 1.807) is 24.3 Å². The molecule has 1 fully saturated rings. The fraction of sp³-hybridized carbons (Fsp3) is 0.308. The van der Waals surface area contributed by atoms with Crippen molar-refractivity contribution in [2.45, 2.75) is 6.42 Å². The van der Waals surface area contributed by atoms with Crippen molar-refractivity contribution in [1.82, 2.24) is 4.90 Å². The summed E-state index contributed by atoms with van der Waals surface area (Å²) in [6, 6.07) is 8.60. The van der Waals surface area contributed by atoms with E-state index in [1.807, 2.05) is 6.07 Å². The molecule has 98 valence electrons. The first-order valence-corrected chi connectivity index (χ1v) is 5.91. The van der Waals surface area contributed by atoms with Gasteiger partial charge in [-0.05, 0) is 24.3 Å². The van der Waals surface area contributed by atoms with Gasteiger partial charge in [0.2, 0.25) is 5.91 Å². The van der Waals surface area contributed by atoms with E-state index in [0.29, 0.717) is 30.9 Å². The fourth-order valence-electron chi connectivity index (χ4n) is 1.72. The van der Waals surface area contributed by atoms with Gasteiger partial charge in [0.15, 0.2) is 0 Å². The molecule has 1 N–H and O–H groups in total. The van der Waals surface area contributed by atoms with Gasteiger partial charge in [-0.25, -0.2) is 4.79 Å². The number of carbonyl (C=O) groups excluding carboxylic acids is 2. The van der Waals surface area contributed by atoms with Crippen LogP contribution in [0.1, 0.15) is 12.0 Å². The number of amides is 2. The highest BCUT2D eigenvalue weighted by molar-refractivity contribution is 5.91. The summed E-state index contributed by atoms with van der Waals surface area (Å²) in [4.78, 5) is 24.3. The maximum Gasteiger partial charge on any atom is 0.409 e. The first kappa shape index (κ1) is 12.9. The van der Waals surface area contributed by atoms with Crippen LogP contribution in [0, 0.1) is 11.3 Å². The number of anilines is 1. The van der Waals surface area contributed by atoms with E-state index >= 15 is 0 Å². The Kier molecular flexibility index (Phi) is 3.98. The number of hydrogen-bond acceptors (Lipinski definition) is 4. The minimum atomic E-state index is -0.369. The lowest BCUT2D eigenvalue weighted by Crippen LogP contribution is -2.28. The maximum atomic E-state index is 11.7. The Morgan fingerprint density at radius 2 is 2.16 bits per heavy atom. The highest BCUT2D eigenvalue weighted by Crippen LogP contribution is 2.10. The van der Waals surface area contributed by atoms with Crippen molar-refractivity contribution >= 4 is 17.7 Å². The van der Waals surface area contributed by atoms with Crippen LogP contribution in [0.3, 0.4) is 0 Å². The van der Waals surface area contributed by atoms with Gasteiger partial charge in [0, 0.05) is 18.7 Å². The Balaban J connectivity index is 1.80. The number of nitrogens with zero attached hydrogens (tertiary/aromatic N) is 2. The average Bonchev–Trinajstić information content (AvgIpc) is 2.83. The number of rotatable bonds is 4. The summed E-state index contributed by atoms with van der Waals surface area (Å²) >= 11 is 0. The van der Waals surface area contributed by atoms with Crippen LogP contribution in [0.4, 0.5) is 10.5 Å². The van der Waals surface area contributed by atoms with Crippen LogP contribution in [0.25, 0.3) is 0 Å². The minimum absolute atomic E-state index is 0.176. The van der Waals surface area contributed by atoms with Crippen LogP contribution >= 0.6 is 0 Å². The number of hydrogen-bond donors (Lipinski definition) is 1. The first-order valence-electron chi connectivity index (χ1n) is 5.91. The first-order chi connectivity index (χ1) is 9.19. The molecule has 19 heavy (non-hydrogen) atoms. The summed E-state index contributed by atoms with van der Waals surface area (Å²) in [5.74, 6) is -0.176. The molecule has 0 spiro atoms. The van der Waals surface area contributed by atoms with Crippen LogP contribution in [0.2, 0.25) is 0 Å². The lowest BCUT2D eigenvalue weighted by atomic mass is 10.2. The van der Waals surface area contributed by atoms with Crippen LogP contribution in [0.5, 0.6) is 0 Å². The molecule has 0 unspecified atom stereocenters. The Morgan fingerprint density at radius 1 is 1.42 bits per heavy atom. The molecule has 1 aliphatic heterocycles. The van der Waals surface area contributed by atoms with E-state index in [0.717, 1.165) is 0 Å². The maximum absolute atomic E-state index is 11.7. The quantitative estimate of drug-likeness (QED) is 0.884. The van der Waals surface area contributed by atoms with Gasteiger partial charge in [-0.2, -0.15) is 5.26 Å². The second kappa shape index (κ2) is 5.87. The molecule has 2 rings (SSSR count). The van der Waals surface area contributed by atoms with Gasteiger partial charge in [-0.3, -0.25) is 4.79 Å². The smallest absolute Gasteiger partial charge is 0.409 e. The third-order valence-corrected chi connectivity index (χ3v) is 2.75. The molecule has 1 aromatic carbocycles. The zero-order chi connectivity index (χ0) is 13.7. The van der Waals surface area contributed by atoms with Crippen molar-refractivity contribution in [2.24, 2.45) is 0 Å². The summed E-state index contributed by atoms with van der Waals surface area (Å²) < 4.78 is 4.77. The largest absolute Gasteiger partial charge is 0.448 e. The summed E-state index contributed by atoms with van der Waals surface area (Å²) in [6.07, 6.45) is -0.152. The van der Waals surface area contributed by atoms with Gasteiger partial charge in [0.1, 0.15) is 6.61 Å². The van der Waals surface area contributed by atoms with E-state index in [-0.39, 0.29) is 18.4 Å². The molecule has 2 amide bonds. The number of ether oxygens (including phenoxy) is 1. The average molecular weight is 259 g/mol. The van der Waals surface area contributed by atoms with Crippen molar-refractivity contribution in [3.8, 4) is 6.07 Å². The van der Waals surface area contributed by atoms with Gasteiger partial charge < -0.3 is 15.0 Å². The molecule has 0 saturated carbocycles. The van der Waals surface area contributed by atoms with Crippen molar-refractivity contribution in [3.05, 3.63) is 29.8 Å². The molecular formula is C13H13N3O3. The van der Waals surface area contributed by atoms with Gasteiger partial charge >= 0.3 is 6.09 Å². The second-order valence-corrected chi connectivity index (χ2v) is 4.09. The van der Waals surface area contributed by atoms with Crippen molar-refractivity contribution < 1.29 is 14.3 Å². The molecule has 0 aromatic heterocycles. The zero-order valence-corrected chi connectivity index (χ0v) is 10.3. The number of carbonyl (C=O) groups is 2. The summed E-state index contributed by atoms with van der Waals surface area (Å²) in [5.41, 5.74) is 1.17.